The van der Waals surface area contributed by atoms with E-state index in [2.05, 4.69) is 4.99 Å². The molecule has 1 fully saturated rings. The molecule has 0 aromatic heterocycles. The summed E-state index contributed by atoms with van der Waals surface area (Å²) in [4.78, 5) is 4.39. The Kier molecular flexibility index (Phi) is 2.05. The molecule has 1 heterocycles. The van der Waals surface area contributed by atoms with Crippen molar-refractivity contribution in [3.8, 4) is 0 Å². The molecule has 0 spiro atoms. The molecule has 2 rings (SSSR count). The van der Waals surface area contributed by atoms with Crippen molar-refractivity contribution in [1.29, 1.82) is 0 Å². The second kappa shape index (κ2) is 3.05. The molecule has 1 aliphatic carbocycles. The Bertz CT molecular complexity index is 203. The third-order valence-electron chi connectivity index (χ3n) is 3.03. The van der Waals surface area contributed by atoms with Crippen LogP contribution < -0.4 is 5.73 Å². The molecule has 0 radical (unpaired) electrons. The van der Waals surface area contributed by atoms with Crippen molar-refractivity contribution in [2.75, 3.05) is 0 Å². The molecular formula is C9H16N2O. The molecule has 68 valence electrons. The van der Waals surface area contributed by atoms with Gasteiger partial charge in [0.05, 0.1) is 18.0 Å². The summed E-state index contributed by atoms with van der Waals surface area (Å²) in [6, 6.07) is 0.322. The zero-order valence-electron chi connectivity index (χ0n) is 7.24. The summed E-state index contributed by atoms with van der Waals surface area (Å²) in [5.74, 6) is 1.48. The summed E-state index contributed by atoms with van der Waals surface area (Å²) in [7, 11) is 0. The van der Waals surface area contributed by atoms with Gasteiger partial charge in [-0.05, 0) is 31.6 Å². The van der Waals surface area contributed by atoms with E-state index in [1.807, 2.05) is 0 Å². The predicted molar refractivity (Wildman–Crippen MR) is 48.0 cm³/mol. The molecule has 3 nitrogen and oxygen atoms in total. The molecule has 1 saturated carbocycles. The van der Waals surface area contributed by atoms with Gasteiger partial charge in [0.2, 0.25) is 0 Å². The van der Waals surface area contributed by atoms with Gasteiger partial charge in [-0.1, -0.05) is 0 Å². The van der Waals surface area contributed by atoms with Gasteiger partial charge in [0.25, 0.3) is 0 Å². The number of amidine groups is 1. The van der Waals surface area contributed by atoms with Crippen LogP contribution in [0.4, 0.5) is 0 Å². The molecule has 0 aromatic carbocycles. The van der Waals surface area contributed by atoms with Crippen LogP contribution >= 0.6 is 0 Å². The molecule has 0 aromatic rings. The number of aliphatic hydroxyl groups excluding tert-OH is 1. The highest BCUT2D eigenvalue weighted by molar-refractivity contribution is 5.81. The standard InChI is InChI=1S/C9H16N2O/c10-9-4-2-6-1-3-7(12)5-8(6)11-9/h6-8,12H,1-5H2,(H2,10,11)/t6-,7?,8+/m1/s1. The van der Waals surface area contributed by atoms with E-state index in [0.717, 1.165) is 31.5 Å². The van der Waals surface area contributed by atoms with E-state index in [1.165, 1.54) is 6.42 Å². The minimum Gasteiger partial charge on any atom is -0.393 e. The SMILES string of the molecule is NC1=N[C@H]2CC(O)CC[C@@H]2CC1. The van der Waals surface area contributed by atoms with Crippen molar-refractivity contribution < 1.29 is 5.11 Å². The number of aliphatic imine (C=N–C) groups is 1. The zero-order chi connectivity index (χ0) is 8.55. The molecule has 2 aliphatic rings. The molecule has 1 aliphatic heterocycles. The van der Waals surface area contributed by atoms with E-state index in [9.17, 15) is 5.11 Å². The largest absolute Gasteiger partial charge is 0.393 e. The molecule has 0 amide bonds. The third kappa shape index (κ3) is 1.46. The van der Waals surface area contributed by atoms with Gasteiger partial charge in [0.1, 0.15) is 0 Å². The smallest absolute Gasteiger partial charge is 0.0940 e. The van der Waals surface area contributed by atoms with Crippen LogP contribution in [-0.2, 0) is 0 Å². The first-order valence-electron chi connectivity index (χ1n) is 4.76. The van der Waals surface area contributed by atoms with Gasteiger partial charge in [0.15, 0.2) is 0 Å². The van der Waals surface area contributed by atoms with Crippen LogP contribution in [-0.4, -0.2) is 23.1 Å². The number of rotatable bonds is 0. The maximum absolute atomic E-state index is 9.42. The Hall–Kier alpha value is -0.570. The molecular weight excluding hydrogens is 152 g/mol. The first-order valence-corrected chi connectivity index (χ1v) is 4.76. The Balaban J connectivity index is 2.07. The average Bonchev–Trinajstić information content (AvgIpc) is 2.03. The molecule has 3 N–H and O–H groups in total. The topological polar surface area (TPSA) is 58.6 Å². The third-order valence-corrected chi connectivity index (χ3v) is 3.03. The van der Waals surface area contributed by atoms with Crippen LogP contribution in [0, 0.1) is 5.92 Å². The lowest BCUT2D eigenvalue weighted by molar-refractivity contribution is 0.0916. The predicted octanol–water partition coefficient (Wildman–Crippen LogP) is 0.667. The Morgan fingerprint density at radius 3 is 3.00 bits per heavy atom. The Morgan fingerprint density at radius 2 is 2.17 bits per heavy atom. The summed E-state index contributed by atoms with van der Waals surface area (Å²) in [6.45, 7) is 0. The highest BCUT2D eigenvalue weighted by atomic mass is 16.3. The number of fused-ring (bicyclic) bond motifs is 1. The maximum atomic E-state index is 9.42. The lowest BCUT2D eigenvalue weighted by Gasteiger charge is -2.34. The van der Waals surface area contributed by atoms with Gasteiger partial charge in [-0.15, -0.1) is 0 Å². The van der Waals surface area contributed by atoms with Gasteiger partial charge in [-0.2, -0.15) is 0 Å². The Morgan fingerprint density at radius 1 is 1.33 bits per heavy atom. The second-order valence-electron chi connectivity index (χ2n) is 3.95. The van der Waals surface area contributed by atoms with Crippen LogP contribution in [0.2, 0.25) is 0 Å². The second-order valence-corrected chi connectivity index (χ2v) is 3.95. The quantitative estimate of drug-likeness (QED) is 0.558. The molecule has 3 heteroatoms. The lowest BCUT2D eigenvalue weighted by Crippen LogP contribution is -2.36. The van der Waals surface area contributed by atoms with Crippen molar-refractivity contribution in [2.45, 2.75) is 44.2 Å². The van der Waals surface area contributed by atoms with E-state index in [0.29, 0.717) is 12.0 Å². The number of aliphatic hydroxyl groups is 1. The lowest BCUT2D eigenvalue weighted by atomic mass is 9.79. The van der Waals surface area contributed by atoms with Crippen molar-refractivity contribution in [1.82, 2.24) is 0 Å². The van der Waals surface area contributed by atoms with E-state index >= 15 is 0 Å². The number of hydrogen-bond donors (Lipinski definition) is 2. The summed E-state index contributed by atoms with van der Waals surface area (Å²) < 4.78 is 0. The fraction of sp³-hybridized carbons (Fsp3) is 0.889. The first-order chi connectivity index (χ1) is 5.75. The minimum absolute atomic E-state index is 0.138. The zero-order valence-corrected chi connectivity index (χ0v) is 7.24. The van der Waals surface area contributed by atoms with Crippen LogP contribution in [0.5, 0.6) is 0 Å². The molecule has 0 bridgehead atoms. The summed E-state index contributed by atoms with van der Waals surface area (Å²) in [5.41, 5.74) is 5.66. The van der Waals surface area contributed by atoms with Gasteiger partial charge < -0.3 is 10.8 Å². The Labute approximate surface area is 72.7 Å². The van der Waals surface area contributed by atoms with Crippen LogP contribution in [0.3, 0.4) is 0 Å². The maximum Gasteiger partial charge on any atom is 0.0940 e. The van der Waals surface area contributed by atoms with Crippen LogP contribution in [0.15, 0.2) is 4.99 Å². The van der Waals surface area contributed by atoms with Crippen molar-refractivity contribution in [3.63, 3.8) is 0 Å². The first kappa shape index (κ1) is 8.05. The molecule has 0 saturated heterocycles. The summed E-state index contributed by atoms with van der Waals surface area (Å²) in [5, 5.41) is 9.42. The summed E-state index contributed by atoms with van der Waals surface area (Å²) >= 11 is 0. The van der Waals surface area contributed by atoms with Crippen molar-refractivity contribution >= 4 is 5.84 Å². The van der Waals surface area contributed by atoms with Crippen molar-refractivity contribution in [2.24, 2.45) is 16.6 Å². The van der Waals surface area contributed by atoms with Gasteiger partial charge in [0, 0.05) is 6.42 Å². The minimum atomic E-state index is -0.138. The number of nitrogens with two attached hydrogens (primary N) is 1. The van der Waals surface area contributed by atoms with E-state index < -0.39 is 0 Å². The summed E-state index contributed by atoms with van der Waals surface area (Å²) in [6.07, 6.45) is 4.90. The number of nitrogens with zero attached hydrogens (tertiary/aromatic N) is 1. The highest BCUT2D eigenvalue weighted by Gasteiger charge is 2.31. The fourth-order valence-corrected chi connectivity index (χ4v) is 2.29. The molecule has 3 atom stereocenters. The average molecular weight is 168 g/mol. The van der Waals surface area contributed by atoms with E-state index in [1.54, 1.807) is 0 Å². The number of hydrogen-bond acceptors (Lipinski definition) is 3. The fourth-order valence-electron chi connectivity index (χ4n) is 2.29. The van der Waals surface area contributed by atoms with Crippen LogP contribution in [0.25, 0.3) is 0 Å². The normalized spacial score (nSPS) is 41.8. The molecule has 1 unspecified atom stereocenters. The highest BCUT2D eigenvalue weighted by Crippen LogP contribution is 2.32. The molecule has 12 heavy (non-hydrogen) atoms. The monoisotopic (exact) mass is 168 g/mol. The van der Waals surface area contributed by atoms with E-state index in [4.69, 9.17) is 5.73 Å². The van der Waals surface area contributed by atoms with Gasteiger partial charge >= 0.3 is 0 Å². The van der Waals surface area contributed by atoms with Crippen LogP contribution in [0.1, 0.15) is 32.1 Å². The van der Waals surface area contributed by atoms with Gasteiger partial charge in [-0.3, -0.25) is 4.99 Å². The van der Waals surface area contributed by atoms with E-state index in [-0.39, 0.29) is 6.10 Å². The van der Waals surface area contributed by atoms with Gasteiger partial charge in [-0.25, -0.2) is 0 Å². The van der Waals surface area contributed by atoms with Crippen molar-refractivity contribution in [3.05, 3.63) is 0 Å².